The number of hydrogen-bond acceptors (Lipinski definition) is 3. The molecule has 4 heteroatoms. The lowest BCUT2D eigenvalue weighted by Gasteiger charge is -1.95. The van der Waals surface area contributed by atoms with Crippen molar-refractivity contribution in [1.82, 2.24) is 9.97 Å². The first kappa shape index (κ1) is 7.40. The molecule has 0 aromatic carbocycles. The van der Waals surface area contributed by atoms with Crippen molar-refractivity contribution in [2.75, 3.05) is 0 Å². The zero-order chi connectivity index (χ0) is 8.27. The largest absolute Gasteiger partial charge is 0.476 e. The van der Waals surface area contributed by atoms with Crippen LogP contribution in [0.1, 0.15) is 16.2 Å². The van der Waals surface area contributed by atoms with Crippen LogP contribution in [0.3, 0.4) is 0 Å². The van der Waals surface area contributed by atoms with Gasteiger partial charge in [0.05, 0.1) is 5.69 Å². The number of carbonyl (C=O) groups is 1. The van der Waals surface area contributed by atoms with Crippen molar-refractivity contribution in [3.8, 4) is 0 Å². The van der Waals surface area contributed by atoms with Gasteiger partial charge in [-0.15, -0.1) is 0 Å². The third kappa shape index (κ3) is 1.40. The van der Waals surface area contributed by atoms with Crippen LogP contribution in [0, 0.1) is 0 Å². The standard InChI is InChI=1S/C7H6N2O2/c1-2-5-6(7(10)11)9-4-3-8-5/h2-4H,1H2,(H,10,11). The monoisotopic (exact) mass is 150 g/mol. The molecule has 0 bridgehead atoms. The van der Waals surface area contributed by atoms with Gasteiger partial charge in [0.15, 0.2) is 5.69 Å². The van der Waals surface area contributed by atoms with Crippen molar-refractivity contribution in [3.63, 3.8) is 0 Å². The molecular weight excluding hydrogens is 144 g/mol. The Balaban J connectivity index is 3.22. The summed E-state index contributed by atoms with van der Waals surface area (Å²) in [7, 11) is 0. The van der Waals surface area contributed by atoms with E-state index >= 15 is 0 Å². The van der Waals surface area contributed by atoms with E-state index in [0.717, 1.165) is 0 Å². The molecule has 56 valence electrons. The summed E-state index contributed by atoms with van der Waals surface area (Å²) >= 11 is 0. The third-order valence-corrected chi connectivity index (χ3v) is 1.12. The normalized spacial score (nSPS) is 9.09. The molecule has 0 saturated carbocycles. The number of aromatic nitrogens is 2. The maximum atomic E-state index is 10.4. The number of hydrogen-bond donors (Lipinski definition) is 1. The Morgan fingerprint density at radius 2 is 2.18 bits per heavy atom. The number of nitrogens with zero attached hydrogens (tertiary/aromatic N) is 2. The minimum Gasteiger partial charge on any atom is -0.476 e. The van der Waals surface area contributed by atoms with Crippen molar-refractivity contribution in [3.05, 3.63) is 30.4 Å². The van der Waals surface area contributed by atoms with Gasteiger partial charge in [-0.1, -0.05) is 6.58 Å². The Kier molecular flexibility index (Phi) is 1.96. The van der Waals surface area contributed by atoms with Crippen molar-refractivity contribution in [2.24, 2.45) is 0 Å². The molecule has 1 heterocycles. The quantitative estimate of drug-likeness (QED) is 0.677. The van der Waals surface area contributed by atoms with Gasteiger partial charge in [-0.3, -0.25) is 4.98 Å². The Bertz CT molecular complexity index is 296. The van der Waals surface area contributed by atoms with Gasteiger partial charge < -0.3 is 5.11 Å². The van der Waals surface area contributed by atoms with E-state index in [1.165, 1.54) is 18.5 Å². The molecule has 1 aromatic heterocycles. The molecule has 0 fully saturated rings. The molecule has 0 aliphatic heterocycles. The lowest BCUT2D eigenvalue weighted by molar-refractivity contribution is 0.0689. The topological polar surface area (TPSA) is 63.1 Å². The van der Waals surface area contributed by atoms with Crippen molar-refractivity contribution < 1.29 is 9.90 Å². The molecule has 1 rings (SSSR count). The maximum absolute atomic E-state index is 10.4. The molecule has 4 nitrogen and oxygen atoms in total. The van der Waals surface area contributed by atoms with E-state index in [1.807, 2.05) is 0 Å². The summed E-state index contributed by atoms with van der Waals surface area (Å²) in [4.78, 5) is 17.8. The maximum Gasteiger partial charge on any atom is 0.356 e. The van der Waals surface area contributed by atoms with Crippen LogP contribution >= 0.6 is 0 Å². The first-order valence-corrected chi connectivity index (χ1v) is 2.92. The third-order valence-electron chi connectivity index (χ3n) is 1.12. The lowest BCUT2D eigenvalue weighted by atomic mass is 10.3. The molecule has 0 unspecified atom stereocenters. The van der Waals surface area contributed by atoms with Gasteiger partial charge in [0.2, 0.25) is 0 Å². The van der Waals surface area contributed by atoms with Crippen LogP contribution in [0.15, 0.2) is 19.0 Å². The van der Waals surface area contributed by atoms with Crippen LogP contribution in [-0.2, 0) is 0 Å². The Hall–Kier alpha value is -1.71. The highest BCUT2D eigenvalue weighted by atomic mass is 16.4. The van der Waals surface area contributed by atoms with Gasteiger partial charge in [-0.25, -0.2) is 9.78 Å². The van der Waals surface area contributed by atoms with Gasteiger partial charge in [0, 0.05) is 12.4 Å². The van der Waals surface area contributed by atoms with E-state index in [0.29, 0.717) is 5.69 Å². The zero-order valence-corrected chi connectivity index (χ0v) is 5.69. The number of carboxylic acid groups (broad SMARTS) is 1. The van der Waals surface area contributed by atoms with E-state index < -0.39 is 5.97 Å². The van der Waals surface area contributed by atoms with E-state index in [4.69, 9.17) is 5.11 Å². The molecule has 1 N–H and O–H groups in total. The van der Waals surface area contributed by atoms with Gasteiger partial charge in [0.1, 0.15) is 0 Å². The van der Waals surface area contributed by atoms with Gasteiger partial charge in [0.25, 0.3) is 0 Å². The van der Waals surface area contributed by atoms with Crippen LogP contribution in [0.25, 0.3) is 6.08 Å². The molecule has 0 atom stereocenters. The first-order chi connectivity index (χ1) is 5.25. The van der Waals surface area contributed by atoms with Crippen molar-refractivity contribution in [1.29, 1.82) is 0 Å². The van der Waals surface area contributed by atoms with Gasteiger partial charge in [-0.2, -0.15) is 0 Å². The summed E-state index contributed by atoms with van der Waals surface area (Å²) in [6, 6.07) is 0. The van der Waals surface area contributed by atoms with E-state index in [9.17, 15) is 4.79 Å². The van der Waals surface area contributed by atoms with Crippen molar-refractivity contribution >= 4 is 12.0 Å². The predicted octanol–water partition coefficient (Wildman–Crippen LogP) is 0.818. The zero-order valence-electron chi connectivity index (χ0n) is 5.69. The second kappa shape index (κ2) is 2.92. The fourth-order valence-electron chi connectivity index (χ4n) is 0.663. The molecule has 1 aromatic rings. The minimum atomic E-state index is -1.09. The lowest BCUT2D eigenvalue weighted by Crippen LogP contribution is -2.03. The highest BCUT2D eigenvalue weighted by Crippen LogP contribution is 2.01. The predicted molar refractivity (Wildman–Crippen MR) is 39.1 cm³/mol. The highest BCUT2D eigenvalue weighted by molar-refractivity contribution is 5.88. The van der Waals surface area contributed by atoms with Gasteiger partial charge in [-0.05, 0) is 6.08 Å². The first-order valence-electron chi connectivity index (χ1n) is 2.92. The summed E-state index contributed by atoms with van der Waals surface area (Å²) in [6.45, 7) is 3.41. The Labute approximate surface area is 63.2 Å². The fraction of sp³-hybridized carbons (Fsp3) is 0. The number of rotatable bonds is 2. The van der Waals surface area contributed by atoms with E-state index in [2.05, 4.69) is 16.5 Å². The number of carboxylic acids is 1. The summed E-state index contributed by atoms with van der Waals surface area (Å²) in [5.41, 5.74) is 0.225. The molecule has 0 aliphatic carbocycles. The molecule has 0 amide bonds. The smallest absolute Gasteiger partial charge is 0.356 e. The van der Waals surface area contributed by atoms with Crippen LogP contribution < -0.4 is 0 Å². The van der Waals surface area contributed by atoms with Crippen LogP contribution in [0.4, 0.5) is 0 Å². The van der Waals surface area contributed by atoms with Crippen LogP contribution in [-0.4, -0.2) is 21.0 Å². The Morgan fingerprint density at radius 3 is 2.64 bits per heavy atom. The second-order valence-electron chi connectivity index (χ2n) is 1.80. The van der Waals surface area contributed by atoms with E-state index in [-0.39, 0.29) is 5.69 Å². The highest BCUT2D eigenvalue weighted by Gasteiger charge is 2.08. The number of aromatic carboxylic acids is 1. The molecule has 0 radical (unpaired) electrons. The fourth-order valence-corrected chi connectivity index (χ4v) is 0.663. The van der Waals surface area contributed by atoms with Crippen LogP contribution in [0.2, 0.25) is 0 Å². The molecular formula is C7H6N2O2. The van der Waals surface area contributed by atoms with Crippen LogP contribution in [0.5, 0.6) is 0 Å². The molecule has 0 saturated heterocycles. The second-order valence-corrected chi connectivity index (χ2v) is 1.80. The Morgan fingerprint density at radius 1 is 1.55 bits per heavy atom. The molecule has 11 heavy (non-hydrogen) atoms. The summed E-state index contributed by atoms with van der Waals surface area (Å²) in [6.07, 6.45) is 4.11. The van der Waals surface area contributed by atoms with Crippen molar-refractivity contribution in [2.45, 2.75) is 0 Å². The van der Waals surface area contributed by atoms with Gasteiger partial charge >= 0.3 is 5.97 Å². The molecule has 0 spiro atoms. The molecule has 0 aliphatic rings. The SMILES string of the molecule is C=Cc1nccnc1C(=O)O. The summed E-state index contributed by atoms with van der Waals surface area (Å²) in [5, 5.41) is 8.55. The average Bonchev–Trinajstić information content (AvgIpc) is 2.04. The summed E-state index contributed by atoms with van der Waals surface area (Å²) in [5.74, 6) is -1.09. The average molecular weight is 150 g/mol. The summed E-state index contributed by atoms with van der Waals surface area (Å²) < 4.78 is 0. The van der Waals surface area contributed by atoms with E-state index in [1.54, 1.807) is 0 Å². The minimum absolute atomic E-state index is 0.0671.